The number of piperazine rings is 1. The molecule has 0 saturated carbocycles. The third-order valence-corrected chi connectivity index (χ3v) is 4.89. The number of furan rings is 1. The van der Waals surface area contributed by atoms with Crippen LogP contribution in [0, 0.1) is 0 Å². The van der Waals surface area contributed by atoms with E-state index < -0.39 is 0 Å². The molecule has 0 radical (unpaired) electrons. The van der Waals surface area contributed by atoms with Gasteiger partial charge in [-0.15, -0.1) is 0 Å². The van der Waals surface area contributed by atoms with Crippen LogP contribution in [-0.4, -0.2) is 57.2 Å². The topological polar surface area (TPSA) is 78.5 Å². The van der Waals surface area contributed by atoms with Crippen molar-refractivity contribution in [3.05, 3.63) is 60.8 Å². The molecule has 3 aromatic rings. The van der Waals surface area contributed by atoms with Crippen LogP contribution in [0.2, 0.25) is 0 Å². The number of pyridine rings is 1. The molecular formula is C20H23N5O2. The smallest absolute Gasteiger partial charge is 0.226 e. The van der Waals surface area contributed by atoms with Gasteiger partial charge in [-0.2, -0.15) is 0 Å². The zero-order valence-electron chi connectivity index (χ0n) is 15.1. The molecule has 0 bridgehead atoms. The molecule has 1 saturated heterocycles. The lowest BCUT2D eigenvalue weighted by Crippen LogP contribution is -2.53. The highest BCUT2D eigenvalue weighted by atomic mass is 16.3. The summed E-state index contributed by atoms with van der Waals surface area (Å²) in [5.41, 5.74) is 2.81. The first-order valence-corrected chi connectivity index (χ1v) is 9.19. The molecule has 1 atom stereocenters. The third kappa shape index (κ3) is 4.15. The van der Waals surface area contributed by atoms with E-state index in [9.17, 15) is 5.11 Å². The number of aliphatic hydroxyl groups is 1. The first-order valence-electron chi connectivity index (χ1n) is 9.19. The minimum absolute atomic E-state index is 0.162. The summed E-state index contributed by atoms with van der Waals surface area (Å²) in [6.45, 7) is 3.49. The van der Waals surface area contributed by atoms with Gasteiger partial charge in [-0.3, -0.25) is 9.88 Å². The Bertz CT molecular complexity index is 841. The summed E-state index contributed by atoms with van der Waals surface area (Å²) < 4.78 is 5.18. The molecule has 1 fully saturated rings. The molecule has 7 nitrogen and oxygen atoms in total. The van der Waals surface area contributed by atoms with Crippen LogP contribution in [0.5, 0.6) is 0 Å². The maximum atomic E-state index is 9.51. The summed E-state index contributed by atoms with van der Waals surface area (Å²) in [7, 11) is 0. The van der Waals surface area contributed by atoms with E-state index in [-0.39, 0.29) is 12.6 Å². The first-order chi connectivity index (χ1) is 13.3. The molecule has 0 spiro atoms. The monoisotopic (exact) mass is 365 g/mol. The predicted molar refractivity (Wildman–Crippen MR) is 102 cm³/mol. The Balaban J connectivity index is 1.50. The number of anilines is 1. The molecule has 0 amide bonds. The number of hydrogen-bond acceptors (Lipinski definition) is 7. The van der Waals surface area contributed by atoms with Gasteiger partial charge in [0.2, 0.25) is 5.95 Å². The van der Waals surface area contributed by atoms with E-state index in [2.05, 4.69) is 19.8 Å². The zero-order valence-corrected chi connectivity index (χ0v) is 15.1. The average Bonchev–Trinajstić information content (AvgIpc) is 3.23. The molecule has 1 aliphatic heterocycles. The lowest BCUT2D eigenvalue weighted by Gasteiger charge is -2.41. The summed E-state index contributed by atoms with van der Waals surface area (Å²) in [5.74, 6) is 0.712. The first kappa shape index (κ1) is 17.6. The second-order valence-corrected chi connectivity index (χ2v) is 6.67. The van der Waals surface area contributed by atoms with E-state index in [0.717, 1.165) is 43.1 Å². The van der Waals surface area contributed by atoms with E-state index in [0.29, 0.717) is 12.4 Å². The Morgan fingerprint density at radius 1 is 1.07 bits per heavy atom. The van der Waals surface area contributed by atoms with Crippen LogP contribution in [0.3, 0.4) is 0 Å². The number of aliphatic hydroxyl groups excluding tert-OH is 1. The highest BCUT2D eigenvalue weighted by Crippen LogP contribution is 2.22. The molecule has 4 rings (SSSR count). The normalized spacial score (nSPS) is 18.0. The van der Waals surface area contributed by atoms with Gasteiger partial charge < -0.3 is 14.4 Å². The van der Waals surface area contributed by atoms with Gasteiger partial charge in [-0.25, -0.2) is 9.97 Å². The van der Waals surface area contributed by atoms with Crippen molar-refractivity contribution in [3.63, 3.8) is 0 Å². The minimum atomic E-state index is 0.162. The van der Waals surface area contributed by atoms with Gasteiger partial charge in [0.1, 0.15) is 0 Å². The maximum Gasteiger partial charge on any atom is 0.226 e. The molecule has 0 aromatic carbocycles. The van der Waals surface area contributed by atoms with Crippen molar-refractivity contribution >= 4 is 5.95 Å². The quantitative estimate of drug-likeness (QED) is 0.717. The Labute approximate surface area is 158 Å². The van der Waals surface area contributed by atoms with Crippen LogP contribution in [0.4, 0.5) is 5.95 Å². The number of hydrogen-bond donors (Lipinski definition) is 1. The van der Waals surface area contributed by atoms with E-state index in [1.165, 1.54) is 0 Å². The van der Waals surface area contributed by atoms with Crippen LogP contribution >= 0.6 is 0 Å². The summed E-state index contributed by atoms with van der Waals surface area (Å²) >= 11 is 0. The van der Waals surface area contributed by atoms with E-state index in [1.807, 2.05) is 30.3 Å². The maximum absolute atomic E-state index is 9.51. The van der Waals surface area contributed by atoms with Crippen LogP contribution in [0.15, 0.2) is 59.7 Å². The summed E-state index contributed by atoms with van der Waals surface area (Å²) in [6.07, 6.45) is 7.74. The lowest BCUT2D eigenvalue weighted by atomic mass is 10.1. The molecular weight excluding hydrogens is 342 g/mol. The second-order valence-electron chi connectivity index (χ2n) is 6.67. The van der Waals surface area contributed by atoms with Gasteiger partial charge in [0.25, 0.3) is 0 Å². The van der Waals surface area contributed by atoms with Gasteiger partial charge >= 0.3 is 0 Å². The van der Waals surface area contributed by atoms with Crippen molar-refractivity contribution in [1.82, 2.24) is 19.9 Å². The molecule has 1 aliphatic rings. The van der Waals surface area contributed by atoms with Gasteiger partial charge in [-0.1, -0.05) is 6.07 Å². The van der Waals surface area contributed by atoms with Crippen molar-refractivity contribution in [2.75, 3.05) is 31.1 Å². The summed E-state index contributed by atoms with van der Waals surface area (Å²) in [5, 5.41) is 9.51. The van der Waals surface area contributed by atoms with Gasteiger partial charge in [0.15, 0.2) is 0 Å². The third-order valence-electron chi connectivity index (χ3n) is 4.89. The lowest BCUT2D eigenvalue weighted by molar-refractivity contribution is 0.134. The van der Waals surface area contributed by atoms with Gasteiger partial charge in [0.05, 0.1) is 23.9 Å². The van der Waals surface area contributed by atoms with Crippen molar-refractivity contribution in [1.29, 1.82) is 0 Å². The highest BCUT2D eigenvalue weighted by Gasteiger charge is 2.28. The molecule has 0 unspecified atom stereocenters. The fraction of sp³-hybridized carbons (Fsp3) is 0.350. The van der Waals surface area contributed by atoms with Crippen molar-refractivity contribution in [3.8, 4) is 11.4 Å². The Morgan fingerprint density at radius 2 is 2.04 bits per heavy atom. The van der Waals surface area contributed by atoms with Crippen LogP contribution in [0.25, 0.3) is 11.4 Å². The van der Waals surface area contributed by atoms with Crippen molar-refractivity contribution in [2.45, 2.75) is 19.0 Å². The van der Waals surface area contributed by atoms with E-state index >= 15 is 0 Å². The largest absolute Gasteiger partial charge is 0.472 e. The molecule has 4 heterocycles. The second kappa shape index (κ2) is 8.28. The zero-order chi connectivity index (χ0) is 18.5. The fourth-order valence-electron chi connectivity index (χ4n) is 3.48. The standard InChI is InChI=1S/C20H23N5O2/c26-11-5-17-14-25(10-9-24(17)13-16-6-12-27-15-16)20-22-8-4-19(23-20)18-3-1-2-7-21-18/h1-4,6-8,12,15,17,26H,5,9-11,13-14H2/t17-/m1/s1. The Morgan fingerprint density at radius 3 is 2.81 bits per heavy atom. The number of nitrogens with zero attached hydrogens (tertiary/aromatic N) is 5. The Hall–Kier alpha value is -2.77. The average molecular weight is 365 g/mol. The van der Waals surface area contributed by atoms with Crippen molar-refractivity contribution in [2.24, 2.45) is 0 Å². The van der Waals surface area contributed by atoms with Gasteiger partial charge in [-0.05, 0) is 30.7 Å². The van der Waals surface area contributed by atoms with Crippen LogP contribution in [-0.2, 0) is 6.54 Å². The molecule has 0 aliphatic carbocycles. The summed E-state index contributed by atoms with van der Waals surface area (Å²) in [4.78, 5) is 18.1. The highest BCUT2D eigenvalue weighted by molar-refractivity contribution is 5.55. The Kier molecular flexibility index (Phi) is 5.41. The van der Waals surface area contributed by atoms with Crippen molar-refractivity contribution < 1.29 is 9.52 Å². The van der Waals surface area contributed by atoms with E-state index in [1.54, 1.807) is 24.9 Å². The number of aromatic nitrogens is 3. The molecule has 7 heteroatoms. The summed E-state index contributed by atoms with van der Waals surface area (Å²) in [6, 6.07) is 9.90. The fourth-order valence-corrected chi connectivity index (χ4v) is 3.48. The minimum Gasteiger partial charge on any atom is -0.472 e. The molecule has 3 aromatic heterocycles. The molecule has 27 heavy (non-hydrogen) atoms. The molecule has 1 N–H and O–H groups in total. The van der Waals surface area contributed by atoms with Gasteiger partial charge in [0, 0.05) is 56.8 Å². The SMILES string of the molecule is OCC[C@@H]1CN(c2nccc(-c3ccccn3)n2)CCN1Cc1ccoc1. The van der Waals surface area contributed by atoms with Crippen LogP contribution < -0.4 is 4.90 Å². The van der Waals surface area contributed by atoms with E-state index in [4.69, 9.17) is 9.40 Å². The number of rotatable bonds is 6. The molecule has 140 valence electrons. The predicted octanol–water partition coefficient (Wildman–Crippen LogP) is 2.20. The van der Waals surface area contributed by atoms with Crippen LogP contribution in [0.1, 0.15) is 12.0 Å².